The summed E-state index contributed by atoms with van der Waals surface area (Å²) in [5, 5.41) is 0. The highest BCUT2D eigenvalue weighted by molar-refractivity contribution is 5.72. The summed E-state index contributed by atoms with van der Waals surface area (Å²) in [7, 11) is 0. The third-order valence-corrected chi connectivity index (χ3v) is 1.10. The molecule has 0 saturated carbocycles. The Morgan fingerprint density at radius 1 is 1.45 bits per heavy atom. The molecule has 1 rings (SSSR count). The number of carbonyl (C=O) groups is 1. The fourth-order valence-electron chi connectivity index (χ4n) is 0.624. The van der Waals surface area contributed by atoms with Gasteiger partial charge in [0.15, 0.2) is 0 Å². The fourth-order valence-corrected chi connectivity index (χ4v) is 0.624. The molecule has 2 nitrogen and oxygen atoms in total. The first kappa shape index (κ1) is 7.60. The molecular formula is C8H6FNO. The van der Waals surface area contributed by atoms with Crippen LogP contribution in [0.15, 0.2) is 24.4 Å². The number of halogens is 1. The van der Waals surface area contributed by atoms with Gasteiger partial charge in [-0.3, -0.25) is 9.78 Å². The molecule has 3 heteroatoms. The van der Waals surface area contributed by atoms with Gasteiger partial charge in [-0.05, 0) is 24.3 Å². The minimum Gasteiger partial charge on any atom is -0.299 e. The summed E-state index contributed by atoms with van der Waals surface area (Å²) in [6.45, 7) is 0. The number of allylic oxidation sites excluding steroid dienone is 1. The largest absolute Gasteiger partial charge is 0.299 e. The van der Waals surface area contributed by atoms with Gasteiger partial charge in [0.2, 0.25) is 0 Å². The number of pyridine rings is 1. The Kier molecular flexibility index (Phi) is 2.49. The summed E-state index contributed by atoms with van der Waals surface area (Å²) in [6, 6.07) is 2.78. The van der Waals surface area contributed by atoms with Gasteiger partial charge in [0, 0.05) is 0 Å². The molecule has 0 aliphatic carbocycles. The predicted octanol–water partition coefficient (Wildman–Crippen LogP) is 1.43. The lowest BCUT2D eigenvalue weighted by atomic mass is 10.3. The Morgan fingerprint density at radius 2 is 2.27 bits per heavy atom. The predicted molar refractivity (Wildman–Crippen MR) is 39.3 cm³/mol. The molecule has 0 N–H and O–H groups in total. The molecule has 0 aliphatic rings. The van der Waals surface area contributed by atoms with E-state index >= 15 is 0 Å². The van der Waals surface area contributed by atoms with Crippen LogP contribution in [0.5, 0.6) is 0 Å². The molecular weight excluding hydrogens is 145 g/mol. The Bertz CT molecular complexity index is 266. The number of aldehydes is 1. The Morgan fingerprint density at radius 3 is 2.82 bits per heavy atom. The van der Waals surface area contributed by atoms with Crippen molar-refractivity contribution in [1.82, 2.24) is 4.98 Å². The standard InChI is InChI=1S/C8H6FNO/c9-7-3-4-8(10-6-7)2-1-5-11/h1-6H/b2-1+. The Hall–Kier alpha value is -1.51. The van der Waals surface area contributed by atoms with Gasteiger partial charge in [0.1, 0.15) is 12.1 Å². The zero-order valence-electron chi connectivity index (χ0n) is 5.70. The van der Waals surface area contributed by atoms with Crippen molar-refractivity contribution in [3.8, 4) is 0 Å². The highest BCUT2D eigenvalue weighted by Gasteiger charge is 1.88. The normalized spacial score (nSPS) is 10.3. The molecule has 1 aromatic heterocycles. The summed E-state index contributed by atoms with van der Waals surface area (Å²) in [6.07, 6.45) is 4.56. The highest BCUT2D eigenvalue weighted by Crippen LogP contribution is 1.98. The molecule has 1 aromatic rings. The van der Waals surface area contributed by atoms with Crippen molar-refractivity contribution in [1.29, 1.82) is 0 Å². The van der Waals surface area contributed by atoms with Crippen molar-refractivity contribution < 1.29 is 9.18 Å². The molecule has 0 bridgehead atoms. The van der Waals surface area contributed by atoms with Crippen LogP contribution in [0, 0.1) is 5.82 Å². The van der Waals surface area contributed by atoms with Crippen molar-refractivity contribution >= 4 is 12.4 Å². The van der Waals surface area contributed by atoms with Crippen LogP contribution in [0.1, 0.15) is 5.69 Å². The van der Waals surface area contributed by atoms with E-state index in [1.54, 1.807) is 0 Å². The first-order chi connectivity index (χ1) is 5.33. The van der Waals surface area contributed by atoms with Crippen molar-refractivity contribution in [3.05, 3.63) is 35.9 Å². The highest BCUT2D eigenvalue weighted by atomic mass is 19.1. The fraction of sp³-hybridized carbons (Fsp3) is 0. The number of hydrogen-bond acceptors (Lipinski definition) is 2. The van der Waals surface area contributed by atoms with Crippen LogP contribution in [-0.2, 0) is 4.79 Å². The Labute approximate surface area is 63.4 Å². The molecule has 0 aliphatic heterocycles. The summed E-state index contributed by atoms with van der Waals surface area (Å²) >= 11 is 0. The minimum atomic E-state index is -0.381. The summed E-state index contributed by atoms with van der Waals surface area (Å²) in [5.74, 6) is -0.381. The Balaban J connectivity index is 2.81. The SMILES string of the molecule is O=C/C=C/c1ccc(F)cn1. The van der Waals surface area contributed by atoms with E-state index in [-0.39, 0.29) is 5.82 Å². The van der Waals surface area contributed by atoms with Gasteiger partial charge >= 0.3 is 0 Å². The van der Waals surface area contributed by atoms with Gasteiger partial charge in [0.25, 0.3) is 0 Å². The van der Waals surface area contributed by atoms with Gasteiger partial charge in [-0.1, -0.05) is 0 Å². The lowest BCUT2D eigenvalue weighted by molar-refractivity contribution is -0.104. The number of carbonyl (C=O) groups excluding carboxylic acids is 1. The van der Waals surface area contributed by atoms with Crippen molar-refractivity contribution in [2.45, 2.75) is 0 Å². The zero-order chi connectivity index (χ0) is 8.10. The van der Waals surface area contributed by atoms with E-state index in [0.29, 0.717) is 12.0 Å². The van der Waals surface area contributed by atoms with E-state index in [2.05, 4.69) is 4.98 Å². The smallest absolute Gasteiger partial charge is 0.142 e. The average Bonchev–Trinajstić information content (AvgIpc) is 2.04. The third kappa shape index (κ3) is 2.29. The van der Waals surface area contributed by atoms with Crippen LogP contribution in [0.25, 0.3) is 6.08 Å². The molecule has 1 heterocycles. The van der Waals surface area contributed by atoms with E-state index in [4.69, 9.17) is 0 Å². The van der Waals surface area contributed by atoms with E-state index < -0.39 is 0 Å². The second-order valence-electron chi connectivity index (χ2n) is 1.90. The van der Waals surface area contributed by atoms with Gasteiger partial charge in [0.05, 0.1) is 11.9 Å². The molecule has 0 aromatic carbocycles. The molecule has 11 heavy (non-hydrogen) atoms. The summed E-state index contributed by atoms with van der Waals surface area (Å²) in [4.78, 5) is 13.6. The van der Waals surface area contributed by atoms with E-state index in [1.807, 2.05) is 0 Å². The van der Waals surface area contributed by atoms with Gasteiger partial charge < -0.3 is 0 Å². The lowest BCUT2D eigenvalue weighted by Gasteiger charge is -1.89. The summed E-state index contributed by atoms with van der Waals surface area (Å²) in [5.41, 5.74) is 0.568. The van der Waals surface area contributed by atoms with Crippen LogP contribution in [0.3, 0.4) is 0 Å². The maximum absolute atomic E-state index is 12.3. The molecule has 0 unspecified atom stereocenters. The number of rotatable bonds is 2. The van der Waals surface area contributed by atoms with Gasteiger partial charge in [-0.15, -0.1) is 0 Å². The van der Waals surface area contributed by atoms with Crippen LogP contribution in [-0.4, -0.2) is 11.3 Å². The molecule has 0 radical (unpaired) electrons. The quantitative estimate of drug-likeness (QED) is 0.472. The monoisotopic (exact) mass is 151 g/mol. The van der Waals surface area contributed by atoms with E-state index in [9.17, 15) is 9.18 Å². The first-order valence-corrected chi connectivity index (χ1v) is 3.06. The topological polar surface area (TPSA) is 30.0 Å². The van der Waals surface area contributed by atoms with Crippen LogP contribution >= 0.6 is 0 Å². The van der Waals surface area contributed by atoms with Crippen LogP contribution in [0.2, 0.25) is 0 Å². The first-order valence-electron chi connectivity index (χ1n) is 3.06. The van der Waals surface area contributed by atoms with Crippen molar-refractivity contribution in [3.63, 3.8) is 0 Å². The summed E-state index contributed by atoms with van der Waals surface area (Å²) < 4.78 is 12.3. The third-order valence-electron chi connectivity index (χ3n) is 1.10. The van der Waals surface area contributed by atoms with Crippen LogP contribution in [0.4, 0.5) is 4.39 Å². The maximum Gasteiger partial charge on any atom is 0.142 e. The second kappa shape index (κ2) is 3.61. The van der Waals surface area contributed by atoms with Gasteiger partial charge in [-0.25, -0.2) is 4.39 Å². The maximum atomic E-state index is 12.3. The molecule has 0 fully saturated rings. The average molecular weight is 151 g/mol. The molecule has 0 atom stereocenters. The zero-order valence-corrected chi connectivity index (χ0v) is 5.70. The molecule has 0 amide bonds. The number of aromatic nitrogens is 1. The van der Waals surface area contributed by atoms with Crippen LogP contribution < -0.4 is 0 Å². The van der Waals surface area contributed by atoms with E-state index in [0.717, 1.165) is 6.20 Å². The van der Waals surface area contributed by atoms with Crippen molar-refractivity contribution in [2.75, 3.05) is 0 Å². The lowest BCUT2D eigenvalue weighted by Crippen LogP contribution is -1.81. The van der Waals surface area contributed by atoms with Crippen molar-refractivity contribution in [2.24, 2.45) is 0 Å². The minimum absolute atomic E-state index is 0.381. The van der Waals surface area contributed by atoms with E-state index in [1.165, 1.54) is 24.3 Å². The molecule has 0 spiro atoms. The second-order valence-corrected chi connectivity index (χ2v) is 1.90. The number of hydrogen-bond donors (Lipinski definition) is 0. The van der Waals surface area contributed by atoms with Gasteiger partial charge in [-0.2, -0.15) is 0 Å². The number of nitrogens with zero attached hydrogens (tertiary/aromatic N) is 1. The molecule has 0 saturated heterocycles. The molecule has 56 valence electrons.